The maximum absolute atomic E-state index is 12.7. The smallest absolute Gasteiger partial charge is 0.334 e. The van der Waals surface area contributed by atoms with Crippen molar-refractivity contribution in [1.82, 2.24) is 4.98 Å². The van der Waals surface area contributed by atoms with E-state index in [1.54, 1.807) is 4.98 Å². The quantitative estimate of drug-likeness (QED) is 0.496. The highest BCUT2D eigenvalue weighted by Crippen LogP contribution is 2.22. The molecule has 0 unspecified atom stereocenters. The molecule has 0 atom stereocenters. The van der Waals surface area contributed by atoms with Crippen molar-refractivity contribution in [3.8, 4) is 0 Å². The summed E-state index contributed by atoms with van der Waals surface area (Å²) in [6, 6.07) is 0.664. The Hall–Kier alpha value is -2.32. The minimum Gasteiger partial charge on any atom is -0.466 e. The van der Waals surface area contributed by atoms with E-state index < -0.39 is 40.7 Å². The van der Waals surface area contributed by atoms with Crippen LogP contribution >= 0.6 is 0 Å². The van der Waals surface area contributed by atoms with Crippen molar-refractivity contribution < 1.29 is 23.2 Å². The molecule has 1 heterocycles. The van der Waals surface area contributed by atoms with Crippen LogP contribution < -0.4 is 5.56 Å². The average molecular weight is 276 g/mol. The average Bonchev–Trinajstić information content (AvgIpc) is 2.30. The van der Waals surface area contributed by atoms with Crippen molar-refractivity contribution >= 4 is 11.7 Å². The first-order valence-corrected chi connectivity index (χ1v) is 5.21. The maximum Gasteiger partial charge on any atom is 0.334 e. The van der Waals surface area contributed by atoms with Crippen molar-refractivity contribution in [3.63, 3.8) is 0 Å². The second-order valence-electron chi connectivity index (χ2n) is 3.46. The van der Waals surface area contributed by atoms with Crippen LogP contribution in [0.25, 0.3) is 0 Å². The summed E-state index contributed by atoms with van der Waals surface area (Å²) in [5.41, 5.74) is -3.29. The Morgan fingerprint density at radius 2 is 2.21 bits per heavy atom. The van der Waals surface area contributed by atoms with Gasteiger partial charge in [0.25, 0.3) is 6.43 Å². The van der Waals surface area contributed by atoms with Gasteiger partial charge in [0.05, 0.1) is 23.6 Å². The van der Waals surface area contributed by atoms with E-state index in [9.17, 15) is 28.5 Å². The zero-order valence-corrected chi connectivity index (χ0v) is 9.81. The number of H-pyrrole nitrogens is 1. The van der Waals surface area contributed by atoms with Gasteiger partial charge in [0.1, 0.15) is 0 Å². The molecule has 0 amide bonds. The Balaban J connectivity index is 3.25. The summed E-state index contributed by atoms with van der Waals surface area (Å²) in [5.74, 6) is -0.814. The van der Waals surface area contributed by atoms with Gasteiger partial charge in [-0.3, -0.25) is 19.7 Å². The first kappa shape index (κ1) is 14.7. The summed E-state index contributed by atoms with van der Waals surface area (Å²) in [7, 11) is 0. The second kappa shape index (κ2) is 6.03. The van der Waals surface area contributed by atoms with Gasteiger partial charge in [0.15, 0.2) is 0 Å². The lowest BCUT2D eigenvalue weighted by atomic mass is 10.1. The van der Waals surface area contributed by atoms with Crippen LogP contribution in [0, 0.1) is 10.1 Å². The van der Waals surface area contributed by atoms with Crippen LogP contribution in [0.5, 0.6) is 0 Å². The number of ether oxygens (including phenoxy) is 1. The fraction of sp³-hybridized carbons (Fsp3) is 0.400. The number of hydrogen-bond donors (Lipinski definition) is 1. The van der Waals surface area contributed by atoms with E-state index in [-0.39, 0.29) is 12.2 Å². The third-order valence-electron chi connectivity index (χ3n) is 2.19. The number of esters is 1. The van der Waals surface area contributed by atoms with Gasteiger partial charge in [-0.15, -0.1) is 0 Å². The molecule has 0 saturated carbocycles. The Morgan fingerprint density at radius 3 is 2.68 bits per heavy atom. The monoisotopic (exact) mass is 276 g/mol. The number of hydrogen-bond acceptors (Lipinski definition) is 5. The lowest BCUT2D eigenvalue weighted by molar-refractivity contribution is -0.386. The molecule has 0 fully saturated rings. The Kier molecular flexibility index (Phi) is 4.67. The predicted molar refractivity (Wildman–Crippen MR) is 59.0 cm³/mol. The minimum absolute atomic E-state index is 0.0499. The number of nitrogens with zero attached hydrogens (tertiary/aromatic N) is 1. The van der Waals surface area contributed by atoms with Crippen LogP contribution in [0.3, 0.4) is 0 Å². The summed E-state index contributed by atoms with van der Waals surface area (Å²) in [6.45, 7) is 1.58. The van der Waals surface area contributed by atoms with E-state index in [2.05, 4.69) is 4.74 Å². The molecule has 0 aliphatic heterocycles. The molecule has 1 N–H and O–H groups in total. The molecule has 1 aromatic heterocycles. The number of aromatic amines is 1. The summed E-state index contributed by atoms with van der Waals surface area (Å²) in [4.78, 5) is 33.7. The largest absolute Gasteiger partial charge is 0.466 e. The van der Waals surface area contributed by atoms with E-state index >= 15 is 0 Å². The van der Waals surface area contributed by atoms with Gasteiger partial charge in [-0.05, 0) is 12.5 Å². The van der Waals surface area contributed by atoms with Crippen LogP contribution in [-0.4, -0.2) is 22.5 Å². The third kappa shape index (κ3) is 3.57. The van der Waals surface area contributed by atoms with Gasteiger partial charge >= 0.3 is 17.2 Å². The van der Waals surface area contributed by atoms with E-state index in [0.717, 1.165) is 0 Å². The summed E-state index contributed by atoms with van der Waals surface area (Å²) in [6.07, 6.45) is -3.64. The van der Waals surface area contributed by atoms with Gasteiger partial charge in [-0.2, -0.15) is 0 Å². The fourth-order valence-electron chi connectivity index (χ4n) is 1.42. The zero-order chi connectivity index (χ0) is 14.6. The number of nitrogens with one attached hydrogen (secondary N) is 1. The second-order valence-corrected chi connectivity index (χ2v) is 3.46. The van der Waals surface area contributed by atoms with Gasteiger partial charge in [0.2, 0.25) is 0 Å². The molecule has 19 heavy (non-hydrogen) atoms. The maximum atomic E-state index is 12.7. The van der Waals surface area contributed by atoms with Crippen LogP contribution in [0.1, 0.15) is 24.6 Å². The Labute approximate surface area is 105 Å². The van der Waals surface area contributed by atoms with Crippen molar-refractivity contribution in [2.24, 2.45) is 0 Å². The van der Waals surface area contributed by atoms with E-state index in [4.69, 9.17) is 0 Å². The highest BCUT2D eigenvalue weighted by Gasteiger charge is 2.23. The fourth-order valence-corrected chi connectivity index (χ4v) is 1.42. The van der Waals surface area contributed by atoms with Crippen LogP contribution in [0.2, 0.25) is 0 Å². The first-order chi connectivity index (χ1) is 8.86. The predicted octanol–water partition coefficient (Wildman–Crippen LogP) is 1.33. The first-order valence-electron chi connectivity index (χ1n) is 5.21. The summed E-state index contributed by atoms with van der Waals surface area (Å²) >= 11 is 0. The number of pyridine rings is 1. The molecule has 9 heteroatoms. The van der Waals surface area contributed by atoms with Crippen molar-refractivity contribution in [3.05, 3.63) is 37.8 Å². The molecular formula is C10H10F2N2O5. The highest BCUT2D eigenvalue weighted by atomic mass is 19.3. The third-order valence-corrected chi connectivity index (χ3v) is 2.19. The normalized spacial score (nSPS) is 10.5. The number of alkyl halides is 2. The molecule has 1 rings (SSSR count). The number of aromatic nitrogens is 1. The lowest BCUT2D eigenvalue weighted by Crippen LogP contribution is -2.18. The van der Waals surface area contributed by atoms with Crippen LogP contribution in [0.15, 0.2) is 10.9 Å². The Morgan fingerprint density at radius 1 is 1.58 bits per heavy atom. The van der Waals surface area contributed by atoms with Crippen LogP contribution in [0.4, 0.5) is 14.5 Å². The molecule has 0 aliphatic rings. The molecule has 0 bridgehead atoms. The number of rotatable bonds is 5. The molecule has 0 aliphatic carbocycles. The molecule has 0 saturated heterocycles. The number of halogens is 2. The summed E-state index contributed by atoms with van der Waals surface area (Å²) in [5, 5.41) is 10.5. The lowest BCUT2D eigenvalue weighted by Gasteiger charge is -2.07. The highest BCUT2D eigenvalue weighted by molar-refractivity contribution is 5.73. The van der Waals surface area contributed by atoms with Crippen molar-refractivity contribution in [2.45, 2.75) is 19.8 Å². The number of carbonyl (C=O) groups excluding carboxylic acids is 1. The molecular weight excluding hydrogens is 266 g/mol. The topological polar surface area (TPSA) is 102 Å². The SMILES string of the molecule is CCOC(=O)Cc1cc([N+](=O)[O-])c(=O)[nH]c1C(F)F. The molecule has 0 spiro atoms. The molecule has 104 valence electrons. The zero-order valence-electron chi connectivity index (χ0n) is 9.81. The van der Waals surface area contributed by atoms with E-state index in [1.807, 2.05) is 0 Å². The van der Waals surface area contributed by atoms with E-state index in [0.29, 0.717) is 6.07 Å². The van der Waals surface area contributed by atoms with Gasteiger partial charge < -0.3 is 9.72 Å². The molecule has 0 radical (unpaired) electrons. The van der Waals surface area contributed by atoms with Crippen molar-refractivity contribution in [1.29, 1.82) is 0 Å². The Bertz CT molecular complexity index is 555. The van der Waals surface area contributed by atoms with Gasteiger partial charge in [-0.25, -0.2) is 8.78 Å². The molecule has 0 aromatic carbocycles. The number of nitro groups is 1. The van der Waals surface area contributed by atoms with E-state index in [1.165, 1.54) is 6.92 Å². The standard InChI is InChI=1S/C10H10F2N2O5/c1-2-19-7(15)4-5-3-6(14(17)18)10(16)13-8(5)9(11)12/h3,9H,2,4H2,1H3,(H,13,16). The van der Waals surface area contributed by atoms with Gasteiger partial charge in [0, 0.05) is 6.07 Å². The minimum atomic E-state index is -3.06. The number of carbonyl (C=O) groups is 1. The van der Waals surface area contributed by atoms with Gasteiger partial charge in [-0.1, -0.05) is 0 Å². The molecule has 7 nitrogen and oxygen atoms in total. The van der Waals surface area contributed by atoms with Crippen LogP contribution in [-0.2, 0) is 16.0 Å². The summed E-state index contributed by atoms with van der Waals surface area (Å²) < 4.78 is 29.9. The molecule has 1 aromatic rings. The van der Waals surface area contributed by atoms with Crippen molar-refractivity contribution in [2.75, 3.05) is 6.61 Å².